The SMILES string of the molecule is [2H]N1C(=O)OC[C@]1([2H])Cc1ccc2c(c1)c(CC([2H])([2H])N(C)C)cn2[2H]. The number of benzene rings is 1. The number of cyclic esters (lactones) is 1. The molecule has 0 spiro atoms. The van der Waals surface area contributed by atoms with E-state index in [2.05, 4.69) is 0 Å². The molecule has 0 aliphatic carbocycles. The fraction of sp³-hybridized carbons (Fsp3) is 0.438. The molecule has 1 saturated heterocycles. The fourth-order valence-corrected chi connectivity index (χ4v) is 2.33. The molecule has 1 aromatic heterocycles. The van der Waals surface area contributed by atoms with Crippen LogP contribution in [0, 0.1) is 0 Å². The highest BCUT2D eigenvalue weighted by Gasteiger charge is 2.22. The zero-order chi connectivity index (χ0) is 19.3. The fourth-order valence-electron chi connectivity index (χ4n) is 2.33. The number of hydrogen-bond donors (Lipinski definition) is 2. The van der Waals surface area contributed by atoms with Gasteiger partial charge in [0.2, 0.25) is 0 Å². The predicted octanol–water partition coefficient (Wildman–Crippen LogP) is 1.92. The van der Waals surface area contributed by atoms with Gasteiger partial charge in [-0.15, -0.1) is 0 Å². The maximum atomic E-state index is 11.4. The Kier molecular flexibility index (Phi) is 2.50. The number of fused-ring (bicyclic) bond motifs is 1. The van der Waals surface area contributed by atoms with Gasteiger partial charge in [0.15, 0.2) is 2.82 Å². The number of aryl methyl sites for hydroxylation is 1. The lowest BCUT2D eigenvalue weighted by Gasteiger charge is -2.09. The molecule has 1 amide bonds. The zero-order valence-corrected chi connectivity index (χ0v) is 12.1. The molecule has 5 nitrogen and oxygen atoms in total. The number of likely N-dealkylation sites (N-methyl/N-ethyl adjacent to an activating group) is 1. The lowest BCUT2D eigenvalue weighted by Crippen LogP contribution is -2.28. The van der Waals surface area contributed by atoms with Crippen LogP contribution in [-0.4, -0.2) is 49.2 Å². The summed E-state index contributed by atoms with van der Waals surface area (Å²) in [5.74, 6) is 0. The van der Waals surface area contributed by atoms with Gasteiger partial charge in [-0.1, -0.05) is 6.07 Å². The van der Waals surface area contributed by atoms with Gasteiger partial charge in [-0.2, -0.15) is 0 Å². The lowest BCUT2D eigenvalue weighted by molar-refractivity contribution is 0.177. The Morgan fingerprint density at radius 2 is 2.43 bits per heavy atom. The van der Waals surface area contributed by atoms with Crippen molar-refractivity contribution in [3.8, 4) is 0 Å². The monoisotopic (exact) mass is 292 g/mol. The summed E-state index contributed by atoms with van der Waals surface area (Å²) in [6.45, 7) is -1.74. The van der Waals surface area contributed by atoms with E-state index in [4.69, 9.17) is 11.7 Å². The molecule has 0 saturated carbocycles. The molecule has 2 heterocycles. The number of H-pyrrole nitrogens is 1. The number of ether oxygens (including phenoxy) is 1. The maximum absolute atomic E-state index is 11.4. The number of amides is 1. The van der Waals surface area contributed by atoms with Crippen molar-refractivity contribution >= 4 is 17.0 Å². The number of aromatic amines is 1. The summed E-state index contributed by atoms with van der Waals surface area (Å²) in [5, 5.41) is 1.27. The van der Waals surface area contributed by atoms with E-state index in [1.165, 1.54) is 9.88 Å². The molecule has 1 aromatic carbocycles. The first-order valence-corrected chi connectivity index (χ1v) is 6.79. The largest absolute Gasteiger partial charge is 0.447 e. The Morgan fingerprint density at radius 3 is 3.14 bits per heavy atom. The van der Waals surface area contributed by atoms with Gasteiger partial charge in [-0.3, -0.25) is 0 Å². The number of carbonyl (C=O) groups is 1. The van der Waals surface area contributed by atoms with Crippen molar-refractivity contribution in [2.24, 2.45) is 0 Å². The molecule has 21 heavy (non-hydrogen) atoms. The quantitative estimate of drug-likeness (QED) is 0.885. The van der Waals surface area contributed by atoms with Gasteiger partial charge in [0.25, 0.3) is 0 Å². The first kappa shape index (κ1) is 9.10. The maximum Gasteiger partial charge on any atom is 0.407 e. The molecule has 1 fully saturated rings. The molecule has 1 aliphatic heterocycles. The normalized spacial score (nSPS) is 26.3. The van der Waals surface area contributed by atoms with Gasteiger partial charge in [-0.05, 0) is 50.2 Å². The third-order valence-electron chi connectivity index (χ3n) is 3.37. The second-order valence-corrected chi connectivity index (χ2v) is 5.27. The predicted molar refractivity (Wildman–Crippen MR) is 82.5 cm³/mol. The Balaban J connectivity index is 1.95. The van der Waals surface area contributed by atoms with E-state index in [1.54, 1.807) is 38.5 Å². The van der Waals surface area contributed by atoms with Gasteiger partial charge >= 0.3 is 6.09 Å². The summed E-state index contributed by atoms with van der Waals surface area (Å²) in [5.41, 5.74) is 2.05. The number of carbonyl (C=O) groups excluding carboxylic acids is 1. The molecule has 1 aliphatic rings. The Bertz CT molecular complexity index is 854. The molecule has 3 rings (SSSR count). The van der Waals surface area contributed by atoms with Crippen LogP contribution in [0.3, 0.4) is 0 Å². The second-order valence-electron chi connectivity index (χ2n) is 5.27. The van der Waals surface area contributed by atoms with Gasteiger partial charge < -0.3 is 19.9 Å². The first-order valence-electron chi connectivity index (χ1n) is 9.18. The summed E-state index contributed by atoms with van der Waals surface area (Å²) in [7, 11) is 3.32. The highest BCUT2D eigenvalue weighted by Crippen LogP contribution is 2.21. The third kappa shape index (κ3) is 3.19. The molecular weight excluding hydrogens is 266 g/mol. The molecule has 112 valence electrons. The molecule has 1 atom stereocenters. The summed E-state index contributed by atoms with van der Waals surface area (Å²) >= 11 is 0. The van der Waals surface area contributed by atoms with E-state index >= 15 is 0 Å². The molecule has 2 N–H and O–H groups in total. The van der Waals surface area contributed by atoms with Gasteiger partial charge in [-0.25, -0.2) is 4.79 Å². The van der Waals surface area contributed by atoms with Crippen LogP contribution in [0.1, 0.15) is 15.2 Å². The van der Waals surface area contributed by atoms with Crippen molar-refractivity contribution in [3.63, 3.8) is 0 Å². The van der Waals surface area contributed by atoms with Gasteiger partial charge in [0.05, 0.1) is 7.39 Å². The first-order chi connectivity index (χ1) is 12.0. The van der Waals surface area contributed by atoms with E-state index in [0.29, 0.717) is 16.4 Å². The minimum atomic E-state index is -1.56. The van der Waals surface area contributed by atoms with Crippen molar-refractivity contribution in [3.05, 3.63) is 35.5 Å². The second kappa shape index (κ2) is 5.77. The van der Waals surface area contributed by atoms with Crippen molar-refractivity contribution in [1.29, 1.82) is 0 Å². The average molecular weight is 292 g/mol. The molecule has 0 radical (unpaired) electrons. The third-order valence-corrected chi connectivity index (χ3v) is 3.37. The minimum absolute atomic E-state index is 0.112. The highest BCUT2D eigenvalue weighted by atomic mass is 16.6. The Labute approximate surface area is 131 Å². The molecule has 5 heteroatoms. The van der Waals surface area contributed by atoms with Gasteiger partial charge in [0, 0.05) is 26.3 Å². The summed E-state index contributed by atoms with van der Waals surface area (Å²) in [6.07, 6.45) is 0.981. The number of aromatic nitrogens is 1. The summed E-state index contributed by atoms with van der Waals surface area (Å²) < 4.78 is 45.1. The smallest absolute Gasteiger partial charge is 0.407 e. The van der Waals surface area contributed by atoms with E-state index in [-0.39, 0.29) is 19.4 Å². The average Bonchev–Trinajstić information content (AvgIpc) is 2.99. The van der Waals surface area contributed by atoms with Crippen molar-refractivity contribution in [1.82, 2.24) is 15.2 Å². The molecule has 0 unspecified atom stereocenters. The van der Waals surface area contributed by atoms with Crippen LogP contribution in [0.25, 0.3) is 10.9 Å². The minimum Gasteiger partial charge on any atom is -0.447 e. The molecule has 2 aromatic rings. The highest BCUT2D eigenvalue weighted by molar-refractivity contribution is 5.84. The van der Waals surface area contributed by atoms with Crippen LogP contribution in [0.4, 0.5) is 4.79 Å². The number of rotatable bonds is 5. The van der Waals surface area contributed by atoms with Crippen LogP contribution in [0.15, 0.2) is 24.4 Å². The number of hydrogen-bond acceptors (Lipinski definition) is 3. The van der Waals surface area contributed by atoms with E-state index in [0.717, 1.165) is 10.9 Å². The van der Waals surface area contributed by atoms with Crippen LogP contribution < -0.4 is 5.31 Å². The Hall–Kier alpha value is -2.01. The number of nitrogens with zero attached hydrogens (tertiary/aromatic N) is 1. The molecule has 0 bridgehead atoms. The van der Waals surface area contributed by atoms with E-state index in [9.17, 15) is 4.79 Å². The number of nitrogens with one attached hydrogen (secondary N) is 2. The van der Waals surface area contributed by atoms with E-state index < -0.39 is 18.6 Å². The summed E-state index contributed by atoms with van der Waals surface area (Å²) in [4.78, 5) is 14.1. The van der Waals surface area contributed by atoms with Gasteiger partial charge in [0.1, 0.15) is 6.61 Å². The van der Waals surface area contributed by atoms with Crippen molar-refractivity contribution in [2.45, 2.75) is 18.9 Å². The molecular formula is C16H21N3O2. The summed E-state index contributed by atoms with van der Waals surface area (Å²) in [6, 6.07) is 3.80. The van der Waals surface area contributed by atoms with Crippen molar-refractivity contribution in [2.75, 3.05) is 27.2 Å². The lowest BCUT2D eigenvalue weighted by atomic mass is 10.0. The standard InChI is InChI=1S/C16H21N3O2/c1-19(2)6-5-12-9-17-15-4-3-11(8-14(12)15)7-13-10-21-16(20)18-13/h3-4,8-9,13,17H,5-7,10H2,1-2H3,(H,18,20)/t13-/m0/s1/i6D2,13D/hD2. The topological polar surface area (TPSA) is 57.4 Å². The van der Waals surface area contributed by atoms with E-state index in [1.807, 2.05) is 0 Å². The number of alkyl carbamates (subject to hydrolysis) is 1. The van der Waals surface area contributed by atoms with Crippen LogP contribution in [0.5, 0.6) is 0 Å². The van der Waals surface area contributed by atoms with Crippen LogP contribution >= 0.6 is 0 Å². The van der Waals surface area contributed by atoms with Crippen molar-refractivity contribution < 1.29 is 16.5 Å². The van der Waals surface area contributed by atoms with Crippen LogP contribution in [-0.2, 0) is 17.6 Å². The van der Waals surface area contributed by atoms with Crippen LogP contribution in [0.2, 0.25) is 2.82 Å². The Morgan fingerprint density at radius 1 is 1.57 bits per heavy atom. The zero-order valence-electron chi connectivity index (χ0n) is 17.1.